The van der Waals surface area contributed by atoms with Crippen molar-refractivity contribution in [3.8, 4) is 17.1 Å². The number of nitrogens with one attached hydrogen (secondary N) is 1. The molecule has 7 heteroatoms. The number of aryl methyl sites for hydroxylation is 1. The molecule has 3 aromatic carbocycles. The molecule has 0 radical (unpaired) electrons. The van der Waals surface area contributed by atoms with E-state index in [2.05, 4.69) is 10.4 Å². The maximum atomic E-state index is 12.4. The van der Waals surface area contributed by atoms with Crippen LogP contribution in [0.1, 0.15) is 12.0 Å². The maximum absolute atomic E-state index is 12.4. The molecule has 0 unspecified atom stereocenters. The van der Waals surface area contributed by atoms with Crippen LogP contribution in [-0.2, 0) is 4.79 Å². The first-order chi connectivity index (χ1) is 15.1. The zero-order chi connectivity index (χ0) is 21.6. The van der Waals surface area contributed by atoms with Crippen molar-refractivity contribution in [1.29, 1.82) is 0 Å². The second kappa shape index (κ2) is 9.81. The lowest BCUT2D eigenvalue weighted by Gasteiger charge is -2.08. The molecule has 5 nitrogen and oxygen atoms in total. The number of carbonyl (C=O) groups is 1. The molecule has 0 fully saturated rings. The van der Waals surface area contributed by atoms with E-state index in [1.807, 2.05) is 78.3 Å². The Morgan fingerprint density at radius 2 is 1.74 bits per heavy atom. The lowest BCUT2D eigenvalue weighted by Crippen LogP contribution is -2.13. The summed E-state index contributed by atoms with van der Waals surface area (Å²) in [5, 5.41) is 8.84. The Hall–Kier alpha value is -3.09. The normalized spacial score (nSPS) is 10.8. The fourth-order valence-corrected chi connectivity index (χ4v) is 3.99. The van der Waals surface area contributed by atoms with Crippen LogP contribution in [0, 0.1) is 6.92 Å². The van der Waals surface area contributed by atoms with Crippen molar-refractivity contribution in [2.24, 2.45) is 0 Å². The number of nitrogens with zero attached hydrogens (tertiary/aromatic N) is 3. The van der Waals surface area contributed by atoms with Gasteiger partial charge in [0.1, 0.15) is 0 Å². The second-order valence-corrected chi connectivity index (χ2v) is 8.44. The smallest absolute Gasteiger partial charge is 0.225 e. The van der Waals surface area contributed by atoms with Crippen LogP contribution in [0.25, 0.3) is 17.1 Å². The molecule has 1 heterocycles. The number of halogens is 1. The van der Waals surface area contributed by atoms with E-state index >= 15 is 0 Å². The Morgan fingerprint density at radius 3 is 2.48 bits per heavy atom. The van der Waals surface area contributed by atoms with Gasteiger partial charge in [-0.05, 0) is 36.8 Å². The predicted molar refractivity (Wildman–Crippen MR) is 127 cm³/mol. The van der Waals surface area contributed by atoms with Crippen molar-refractivity contribution in [2.45, 2.75) is 18.5 Å². The molecule has 0 atom stereocenters. The summed E-state index contributed by atoms with van der Waals surface area (Å²) < 4.78 is 1.84. The van der Waals surface area contributed by atoms with Crippen LogP contribution in [0.4, 0.5) is 5.69 Å². The summed E-state index contributed by atoms with van der Waals surface area (Å²) in [6, 6.07) is 25.3. The van der Waals surface area contributed by atoms with Crippen LogP contribution < -0.4 is 5.32 Å². The minimum Gasteiger partial charge on any atom is -0.326 e. The number of aromatic nitrogens is 3. The van der Waals surface area contributed by atoms with Crippen molar-refractivity contribution in [3.63, 3.8) is 0 Å². The van der Waals surface area contributed by atoms with Crippen LogP contribution in [-0.4, -0.2) is 26.4 Å². The van der Waals surface area contributed by atoms with Crippen LogP contribution in [0.3, 0.4) is 0 Å². The molecule has 0 aliphatic carbocycles. The van der Waals surface area contributed by atoms with Crippen molar-refractivity contribution in [3.05, 3.63) is 89.4 Å². The number of para-hydroxylation sites is 1. The average molecular weight is 449 g/mol. The van der Waals surface area contributed by atoms with Gasteiger partial charge in [-0.3, -0.25) is 4.79 Å². The molecule has 4 rings (SSSR count). The van der Waals surface area contributed by atoms with Gasteiger partial charge < -0.3 is 5.32 Å². The number of amides is 1. The molecule has 1 aromatic heterocycles. The first-order valence-corrected chi connectivity index (χ1v) is 11.2. The Kier molecular flexibility index (Phi) is 6.70. The van der Waals surface area contributed by atoms with Crippen molar-refractivity contribution in [1.82, 2.24) is 14.8 Å². The number of hydrogen-bond acceptors (Lipinski definition) is 4. The summed E-state index contributed by atoms with van der Waals surface area (Å²) in [4.78, 5) is 17.1. The SMILES string of the molecule is Cc1ccc(Cl)cc1NC(=O)CCSc1nc(-c2ccccc2)n(-c2ccccc2)n1. The van der Waals surface area contributed by atoms with E-state index in [9.17, 15) is 4.79 Å². The Bertz CT molecular complexity index is 1120. The molecule has 31 heavy (non-hydrogen) atoms. The van der Waals surface area contributed by atoms with E-state index in [-0.39, 0.29) is 5.91 Å². The quantitative estimate of drug-likeness (QED) is 0.351. The molecule has 0 aliphatic heterocycles. The minimum atomic E-state index is -0.0661. The highest BCUT2D eigenvalue weighted by Gasteiger charge is 2.14. The van der Waals surface area contributed by atoms with E-state index < -0.39 is 0 Å². The van der Waals surface area contributed by atoms with Gasteiger partial charge in [0.25, 0.3) is 0 Å². The third-order valence-electron chi connectivity index (χ3n) is 4.65. The number of anilines is 1. The zero-order valence-corrected chi connectivity index (χ0v) is 18.5. The van der Waals surface area contributed by atoms with Crippen LogP contribution in [0.15, 0.2) is 84.0 Å². The number of carbonyl (C=O) groups excluding carboxylic acids is 1. The summed E-state index contributed by atoms with van der Waals surface area (Å²) in [6.07, 6.45) is 0.344. The summed E-state index contributed by atoms with van der Waals surface area (Å²) in [5.74, 6) is 1.27. The number of hydrogen-bond donors (Lipinski definition) is 1. The standard InChI is InChI=1S/C24H21ClN4OS/c1-17-12-13-19(25)16-21(17)26-22(30)14-15-31-24-27-23(18-8-4-2-5-9-18)29(28-24)20-10-6-3-7-11-20/h2-13,16H,14-15H2,1H3,(H,26,30). The fraction of sp³-hybridized carbons (Fsp3) is 0.125. The van der Waals surface area contributed by atoms with E-state index in [0.717, 1.165) is 28.3 Å². The second-order valence-electron chi connectivity index (χ2n) is 6.94. The predicted octanol–water partition coefficient (Wildman–Crippen LogP) is 6.02. The van der Waals surface area contributed by atoms with E-state index in [1.54, 1.807) is 12.1 Å². The molecular weight excluding hydrogens is 428 g/mol. The highest BCUT2D eigenvalue weighted by Crippen LogP contribution is 2.25. The zero-order valence-electron chi connectivity index (χ0n) is 17.0. The fourth-order valence-electron chi connectivity index (χ4n) is 3.05. The molecule has 4 aromatic rings. The van der Waals surface area contributed by atoms with Gasteiger partial charge in [-0.2, -0.15) is 0 Å². The van der Waals surface area contributed by atoms with Crippen molar-refractivity contribution < 1.29 is 4.79 Å². The minimum absolute atomic E-state index is 0.0661. The number of benzene rings is 3. The molecule has 0 saturated carbocycles. The van der Waals surface area contributed by atoms with Crippen LogP contribution in [0.5, 0.6) is 0 Å². The highest BCUT2D eigenvalue weighted by atomic mass is 35.5. The Labute approximate surface area is 190 Å². The molecule has 0 saturated heterocycles. The molecular formula is C24H21ClN4OS. The van der Waals surface area contributed by atoms with Gasteiger partial charge in [0, 0.05) is 28.4 Å². The Morgan fingerprint density at radius 1 is 1.03 bits per heavy atom. The largest absolute Gasteiger partial charge is 0.326 e. The van der Waals surface area contributed by atoms with Gasteiger partial charge in [0.2, 0.25) is 11.1 Å². The third kappa shape index (κ3) is 5.34. The molecule has 0 aliphatic rings. The van der Waals surface area contributed by atoms with Gasteiger partial charge in [-0.15, -0.1) is 5.10 Å². The summed E-state index contributed by atoms with van der Waals surface area (Å²) in [5.41, 5.74) is 3.64. The molecule has 0 bridgehead atoms. The average Bonchev–Trinajstić information content (AvgIpc) is 3.22. The summed E-state index contributed by atoms with van der Waals surface area (Å²) in [7, 11) is 0. The lowest BCUT2D eigenvalue weighted by atomic mass is 10.2. The van der Waals surface area contributed by atoms with Gasteiger partial charge in [-0.25, -0.2) is 9.67 Å². The van der Waals surface area contributed by atoms with Crippen LogP contribution in [0.2, 0.25) is 5.02 Å². The monoisotopic (exact) mass is 448 g/mol. The first-order valence-electron chi connectivity index (χ1n) is 9.87. The van der Waals surface area contributed by atoms with Crippen molar-refractivity contribution in [2.75, 3.05) is 11.1 Å². The number of thioether (sulfide) groups is 1. The van der Waals surface area contributed by atoms with Crippen molar-refractivity contribution >= 4 is 35.0 Å². The maximum Gasteiger partial charge on any atom is 0.225 e. The van der Waals surface area contributed by atoms with E-state index in [0.29, 0.717) is 22.4 Å². The third-order valence-corrected chi connectivity index (χ3v) is 5.73. The topological polar surface area (TPSA) is 59.8 Å². The lowest BCUT2D eigenvalue weighted by molar-refractivity contribution is -0.115. The molecule has 156 valence electrons. The first kappa shape index (κ1) is 21.2. The molecule has 1 amide bonds. The van der Waals surface area contributed by atoms with Gasteiger partial charge in [-0.1, -0.05) is 78.0 Å². The van der Waals surface area contributed by atoms with Gasteiger partial charge in [0.05, 0.1) is 5.69 Å². The number of rotatable bonds is 7. The molecule has 0 spiro atoms. The van der Waals surface area contributed by atoms with Gasteiger partial charge >= 0.3 is 0 Å². The van der Waals surface area contributed by atoms with E-state index in [1.165, 1.54) is 11.8 Å². The van der Waals surface area contributed by atoms with Crippen LogP contribution >= 0.6 is 23.4 Å². The summed E-state index contributed by atoms with van der Waals surface area (Å²) in [6.45, 7) is 1.94. The molecule has 1 N–H and O–H groups in total. The van der Waals surface area contributed by atoms with E-state index in [4.69, 9.17) is 16.6 Å². The highest BCUT2D eigenvalue weighted by molar-refractivity contribution is 7.99. The Balaban J connectivity index is 1.46. The van der Waals surface area contributed by atoms with Gasteiger partial charge in [0.15, 0.2) is 5.82 Å². The summed E-state index contributed by atoms with van der Waals surface area (Å²) >= 11 is 7.49.